The van der Waals surface area contributed by atoms with Crippen molar-refractivity contribution in [2.45, 2.75) is 27.2 Å². The first kappa shape index (κ1) is 20.5. The van der Waals surface area contributed by atoms with Gasteiger partial charge in [-0.25, -0.2) is 9.78 Å². The average molecular weight is 395 g/mol. The van der Waals surface area contributed by atoms with Crippen LogP contribution in [0.3, 0.4) is 0 Å². The van der Waals surface area contributed by atoms with E-state index in [-0.39, 0.29) is 17.3 Å². The van der Waals surface area contributed by atoms with Crippen molar-refractivity contribution in [2.75, 3.05) is 18.4 Å². The quantitative estimate of drug-likeness (QED) is 0.826. The largest absolute Gasteiger partial charge is 0.477 e. The molecule has 2 atom stereocenters. The van der Waals surface area contributed by atoms with Crippen molar-refractivity contribution in [3.63, 3.8) is 0 Å². The smallest absolute Gasteiger partial charge is 0.354 e. The fraction of sp³-hybridized carbons (Fsp3) is 0.364. The third kappa shape index (κ3) is 4.80. The molecule has 7 nitrogen and oxygen atoms in total. The number of carbonyl (C=O) groups excluding carboxylic acids is 2. The minimum atomic E-state index is -1.20. The van der Waals surface area contributed by atoms with Crippen LogP contribution in [0.25, 0.3) is 0 Å². The third-order valence-electron chi connectivity index (χ3n) is 5.09. The van der Waals surface area contributed by atoms with Gasteiger partial charge in [0, 0.05) is 24.3 Å². The number of likely N-dealkylation sites (tertiary alicyclic amines) is 1. The molecule has 29 heavy (non-hydrogen) atoms. The van der Waals surface area contributed by atoms with Gasteiger partial charge in [0.25, 0.3) is 11.8 Å². The number of amides is 2. The second-order valence-electron chi connectivity index (χ2n) is 7.85. The van der Waals surface area contributed by atoms with Crippen LogP contribution in [-0.4, -0.2) is 45.9 Å². The Kier molecular flexibility index (Phi) is 5.96. The third-order valence-corrected chi connectivity index (χ3v) is 5.09. The summed E-state index contributed by atoms with van der Waals surface area (Å²) in [5.74, 6) is -0.862. The van der Waals surface area contributed by atoms with Crippen molar-refractivity contribution >= 4 is 23.5 Å². The molecule has 1 aromatic carbocycles. The highest BCUT2D eigenvalue weighted by atomic mass is 16.4. The number of rotatable bonds is 4. The van der Waals surface area contributed by atoms with Gasteiger partial charge in [-0.2, -0.15) is 0 Å². The number of aromatic carboxylic acids is 1. The van der Waals surface area contributed by atoms with E-state index in [1.807, 2.05) is 11.8 Å². The van der Waals surface area contributed by atoms with Gasteiger partial charge in [0.1, 0.15) is 11.4 Å². The second-order valence-corrected chi connectivity index (χ2v) is 7.85. The zero-order valence-corrected chi connectivity index (χ0v) is 16.8. The van der Waals surface area contributed by atoms with E-state index in [0.29, 0.717) is 23.1 Å². The van der Waals surface area contributed by atoms with Gasteiger partial charge >= 0.3 is 5.97 Å². The number of piperidine rings is 1. The number of benzene rings is 1. The number of pyridine rings is 1. The predicted molar refractivity (Wildman–Crippen MR) is 109 cm³/mol. The summed E-state index contributed by atoms with van der Waals surface area (Å²) in [7, 11) is 0. The van der Waals surface area contributed by atoms with E-state index < -0.39 is 11.9 Å². The number of carboxylic acid groups (broad SMARTS) is 1. The van der Waals surface area contributed by atoms with Crippen LogP contribution in [0.4, 0.5) is 5.69 Å². The summed E-state index contributed by atoms with van der Waals surface area (Å²) in [5, 5.41) is 11.8. The Labute approximate surface area is 169 Å². The van der Waals surface area contributed by atoms with Crippen LogP contribution in [-0.2, 0) is 0 Å². The Morgan fingerprint density at radius 2 is 1.72 bits per heavy atom. The molecular weight excluding hydrogens is 370 g/mol. The highest BCUT2D eigenvalue weighted by Gasteiger charge is 2.26. The zero-order valence-electron chi connectivity index (χ0n) is 16.8. The topological polar surface area (TPSA) is 99.6 Å². The number of aryl methyl sites for hydroxylation is 1. The predicted octanol–water partition coefficient (Wildman–Crippen LogP) is 3.46. The number of nitrogens with zero attached hydrogens (tertiary/aromatic N) is 2. The summed E-state index contributed by atoms with van der Waals surface area (Å²) in [5.41, 5.74) is 1.61. The van der Waals surface area contributed by atoms with E-state index in [0.717, 1.165) is 25.1 Å². The van der Waals surface area contributed by atoms with Gasteiger partial charge in [-0.1, -0.05) is 26.0 Å². The molecule has 1 aliphatic heterocycles. The Morgan fingerprint density at radius 3 is 2.38 bits per heavy atom. The van der Waals surface area contributed by atoms with Gasteiger partial charge in [0.15, 0.2) is 0 Å². The zero-order chi connectivity index (χ0) is 21.1. The molecule has 2 N–H and O–H groups in total. The van der Waals surface area contributed by atoms with Crippen LogP contribution < -0.4 is 5.32 Å². The molecule has 3 rings (SSSR count). The van der Waals surface area contributed by atoms with Crippen LogP contribution in [0.15, 0.2) is 36.4 Å². The molecule has 1 fully saturated rings. The molecule has 0 bridgehead atoms. The highest BCUT2D eigenvalue weighted by molar-refractivity contribution is 6.05. The monoisotopic (exact) mass is 395 g/mol. The van der Waals surface area contributed by atoms with Gasteiger partial charge in [0.2, 0.25) is 0 Å². The van der Waals surface area contributed by atoms with Crippen molar-refractivity contribution in [3.8, 4) is 0 Å². The van der Waals surface area contributed by atoms with Crippen LogP contribution in [0.1, 0.15) is 57.2 Å². The second kappa shape index (κ2) is 8.43. The van der Waals surface area contributed by atoms with Crippen molar-refractivity contribution < 1.29 is 19.5 Å². The number of aromatic nitrogens is 1. The molecule has 0 saturated carbocycles. The first-order valence-corrected chi connectivity index (χ1v) is 9.66. The molecule has 1 saturated heterocycles. The molecule has 2 unspecified atom stereocenters. The summed E-state index contributed by atoms with van der Waals surface area (Å²) in [6.07, 6.45) is 1.11. The molecule has 2 heterocycles. The molecule has 2 amide bonds. The molecule has 0 spiro atoms. The number of hydrogen-bond acceptors (Lipinski definition) is 4. The number of hydrogen-bond donors (Lipinski definition) is 2. The Hall–Kier alpha value is -3.22. The lowest BCUT2D eigenvalue weighted by molar-refractivity contribution is 0.0622. The Bertz CT molecular complexity index is 947. The number of anilines is 1. The lowest BCUT2D eigenvalue weighted by atomic mass is 9.91. The molecule has 7 heteroatoms. The molecule has 1 aliphatic rings. The summed E-state index contributed by atoms with van der Waals surface area (Å²) in [4.78, 5) is 42.3. The molecule has 1 aromatic heterocycles. The van der Waals surface area contributed by atoms with Gasteiger partial charge in [-0.3, -0.25) is 9.59 Å². The van der Waals surface area contributed by atoms with E-state index in [9.17, 15) is 14.4 Å². The maximum Gasteiger partial charge on any atom is 0.354 e. The number of nitrogens with one attached hydrogen (secondary N) is 1. The summed E-state index contributed by atoms with van der Waals surface area (Å²) < 4.78 is 0. The van der Waals surface area contributed by atoms with E-state index >= 15 is 0 Å². The summed E-state index contributed by atoms with van der Waals surface area (Å²) >= 11 is 0. The molecular formula is C22H25N3O4. The van der Waals surface area contributed by atoms with Crippen molar-refractivity contribution in [1.29, 1.82) is 0 Å². The van der Waals surface area contributed by atoms with Gasteiger partial charge in [-0.05, 0) is 55.0 Å². The maximum absolute atomic E-state index is 13.0. The van der Waals surface area contributed by atoms with E-state index in [2.05, 4.69) is 24.1 Å². The molecule has 152 valence electrons. The SMILES string of the molecule is Cc1ccc(C(=O)N2CC(C)CC(C)C2)cc1NC(=O)c1cccc(C(=O)O)n1. The lowest BCUT2D eigenvalue weighted by Gasteiger charge is -2.35. The van der Waals surface area contributed by atoms with Crippen LogP contribution in [0.2, 0.25) is 0 Å². The lowest BCUT2D eigenvalue weighted by Crippen LogP contribution is -2.42. The van der Waals surface area contributed by atoms with Crippen LogP contribution >= 0.6 is 0 Å². The van der Waals surface area contributed by atoms with Crippen molar-refractivity contribution in [2.24, 2.45) is 11.8 Å². The Balaban J connectivity index is 1.80. The minimum Gasteiger partial charge on any atom is -0.477 e. The molecule has 0 radical (unpaired) electrons. The van der Waals surface area contributed by atoms with E-state index in [1.54, 1.807) is 18.2 Å². The van der Waals surface area contributed by atoms with Crippen LogP contribution in [0, 0.1) is 18.8 Å². The normalized spacial score (nSPS) is 18.9. The van der Waals surface area contributed by atoms with Gasteiger partial charge in [-0.15, -0.1) is 0 Å². The molecule has 0 aliphatic carbocycles. The van der Waals surface area contributed by atoms with Crippen molar-refractivity contribution in [1.82, 2.24) is 9.88 Å². The first-order chi connectivity index (χ1) is 13.7. The standard InChI is InChI=1S/C22H25N3O4/c1-13-9-14(2)12-25(11-13)21(27)16-8-7-15(3)19(10-16)24-20(26)17-5-4-6-18(23-17)22(28)29/h4-8,10,13-14H,9,11-12H2,1-3H3,(H,24,26)(H,28,29). The van der Waals surface area contributed by atoms with Crippen LogP contribution in [0.5, 0.6) is 0 Å². The van der Waals surface area contributed by atoms with Gasteiger partial charge in [0.05, 0.1) is 0 Å². The van der Waals surface area contributed by atoms with Crippen molar-refractivity contribution in [3.05, 3.63) is 58.9 Å². The average Bonchev–Trinajstić information content (AvgIpc) is 2.68. The summed E-state index contributed by atoms with van der Waals surface area (Å²) in [6.45, 7) is 7.58. The van der Waals surface area contributed by atoms with E-state index in [1.165, 1.54) is 18.2 Å². The number of carbonyl (C=O) groups is 3. The fourth-order valence-corrected chi connectivity index (χ4v) is 3.77. The Morgan fingerprint density at radius 1 is 1.07 bits per heavy atom. The van der Waals surface area contributed by atoms with E-state index in [4.69, 9.17) is 5.11 Å². The van der Waals surface area contributed by atoms with Gasteiger partial charge < -0.3 is 15.3 Å². The maximum atomic E-state index is 13.0. The minimum absolute atomic E-state index is 0.000269. The fourth-order valence-electron chi connectivity index (χ4n) is 3.77. The number of carboxylic acids is 1. The molecule has 2 aromatic rings. The summed E-state index contributed by atoms with van der Waals surface area (Å²) in [6, 6.07) is 9.46. The highest BCUT2D eigenvalue weighted by Crippen LogP contribution is 2.24. The first-order valence-electron chi connectivity index (χ1n) is 9.66.